The Morgan fingerprint density at radius 3 is 2.09 bits per heavy atom. The zero-order valence-electron chi connectivity index (χ0n) is 23.7. The van der Waals surface area contributed by atoms with Crippen molar-refractivity contribution < 1.29 is 44.1 Å². The van der Waals surface area contributed by atoms with Gasteiger partial charge < -0.3 is 36.2 Å². The lowest BCUT2D eigenvalue weighted by Crippen LogP contribution is -2.57. The molecule has 1 aliphatic rings. The minimum atomic E-state index is -1.26. The molecule has 0 aromatic heterocycles. The van der Waals surface area contributed by atoms with E-state index in [0.717, 1.165) is 5.56 Å². The summed E-state index contributed by atoms with van der Waals surface area (Å²) in [5, 5.41) is 35.4. The van der Waals surface area contributed by atoms with E-state index < -0.39 is 66.2 Å². The molecule has 6 N–H and O–H groups in total. The highest BCUT2D eigenvalue weighted by molar-refractivity contribution is 5.95. The first kappa shape index (κ1) is 32.6. The lowest BCUT2D eigenvalue weighted by Gasteiger charge is -2.30. The van der Waals surface area contributed by atoms with Crippen molar-refractivity contribution in [1.82, 2.24) is 20.9 Å². The van der Waals surface area contributed by atoms with Gasteiger partial charge >= 0.3 is 11.9 Å². The topological polar surface area (TPSA) is 202 Å². The summed E-state index contributed by atoms with van der Waals surface area (Å²) >= 11 is 0. The number of carboxylic acid groups (broad SMARTS) is 2. The van der Waals surface area contributed by atoms with Gasteiger partial charge in [-0.05, 0) is 43.0 Å². The normalized spacial score (nSPS) is 16.4. The number of carboxylic acids is 2. The van der Waals surface area contributed by atoms with Crippen LogP contribution in [0, 0.1) is 0 Å². The number of rotatable bonds is 14. The van der Waals surface area contributed by atoms with Gasteiger partial charge in [0.05, 0.1) is 6.42 Å². The molecule has 0 spiro atoms. The predicted octanol–water partition coefficient (Wildman–Crippen LogP) is 0.592. The van der Waals surface area contributed by atoms with Crippen molar-refractivity contribution >= 4 is 35.6 Å². The average Bonchev–Trinajstić information content (AvgIpc) is 3.47. The van der Waals surface area contributed by atoms with Crippen molar-refractivity contribution in [3.63, 3.8) is 0 Å². The fourth-order valence-corrected chi connectivity index (χ4v) is 4.76. The average molecular weight is 597 g/mol. The van der Waals surface area contributed by atoms with Crippen molar-refractivity contribution in [2.75, 3.05) is 6.54 Å². The van der Waals surface area contributed by atoms with Crippen LogP contribution in [0.15, 0.2) is 54.6 Å². The highest BCUT2D eigenvalue weighted by Crippen LogP contribution is 2.21. The molecule has 1 fully saturated rings. The van der Waals surface area contributed by atoms with Crippen LogP contribution in [0.5, 0.6) is 5.75 Å². The fourth-order valence-electron chi connectivity index (χ4n) is 4.76. The second kappa shape index (κ2) is 15.3. The molecule has 1 aliphatic heterocycles. The number of likely N-dealkylation sites (tertiary alicyclic amines) is 1. The maximum absolute atomic E-state index is 13.7. The molecule has 2 aromatic rings. The number of aromatic hydroxyl groups is 1. The molecule has 13 heteroatoms. The lowest BCUT2D eigenvalue weighted by molar-refractivity contribution is -0.143. The van der Waals surface area contributed by atoms with Crippen molar-refractivity contribution in [1.29, 1.82) is 0 Å². The molecule has 13 nitrogen and oxygen atoms in total. The summed E-state index contributed by atoms with van der Waals surface area (Å²) < 4.78 is 0. The number of aliphatic carboxylic acids is 2. The first-order valence-electron chi connectivity index (χ1n) is 13.9. The Kier molecular flexibility index (Phi) is 11.6. The highest BCUT2D eigenvalue weighted by Gasteiger charge is 2.39. The van der Waals surface area contributed by atoms with E-state index in [2.05, 4.69) is 16.0 Å². The molecule has 43 heavy (non-hydrogen) atoms. The van der Waals surface area contributed by atoms with Crippen LogP contribution in [0.25, 0.3) is 0 Å². The molecule has 230 valence electrons. The molecular weight excluding hydrogens is 560 g/mol. The SMILES string of the molecule is C[C@H](NC(=O)[C@H](Cc1ccc(O)cc1)NC(=O)[C@@H]1CCCN1C(=O)[C@H](Cc1ccccc1)NC(=O)CCC(=O)O)C(=O)O. The second-order valence-electron chi connectivity index (χ2n) is 10.4. The lowest BCUT2D eigenvalue weighted by atomic mass is 10.0. The maximum atomic E-state index is 13.7. The zero-order valence-corrected chi connectivity index (χ0v) is 23.7. The Labute approximate surface area is 248 Å². The monoisotopic (exact) mass is 596 g/mol. The number of amides is 4. The van der Waals surface area contributed by atoms with Crippen LogP contribution in [-0.4, -0.2) is 86.5 Å². The summed E-state index contributed by atoms with van der Waals surface area (Å²) in [6.45, 7) is 1.51. The number of nitrogens with zero attached hydrogens (tertiary/aromatic N) is 1. The Bertz CT molecular complexity index is 1320. The Morgan fingerprint density at radius 2 is 1.47 bits per heavy atom. The summed E-state index contributed by atoms with van der Waals surface area (Å²) in [7, 11) is 0. The Hall–Kier alpha value is -4.94. The number of hydrogen-bond acceptors (Lipinski definition) is 7. The molecule has 0 saturated carbocycles. The van der Waals surface area contributed by atoms with Gasteiger partial charge in [-0.1, -0.05) is 42.5 Å². The summed E-state index contributed by atoms with van der Waals surface area (Å²) in [5.41, 5.74) is 1.34. The number of phenols is 1. The van der Waals surface area contributed by atoms with E-state index in [1.165, 1.54) is 24.0 Å². The summed E-state index contributed by atoms with van der Waals surface area (Å²) in [4.78, 5) is 76.4. The standard InChI is InChI=1S/C30H36N4O9/c1-18(30(42)43)31-27(39)22(16-20-9-11-21(35)12-10-20)33-28(40)24-8-5-15-34(24)29(41)23(17-19-6-3-2-4-7-19)32-25(36)13-14-26(37)38/h2-4,6-7,9-12,18,22-24,35H,5,8,13-17H2,1H3,(H,31,39)(H,32,36)(H,33,40)(H,37,38)(H,42,43)/t18-,22-,23-,24-/m0/s1. The molecule has 1 heterocycles. The zero-order chi connectivity index (χ0) is 31.5. The summed E-state index contributed by atoms with van der Waals surface area (Å²) in [6.07, 6.45) is 0.156. The van der Waals surface area contributed by atoms with Gasteiger partial charge in [-0.15, -0.1) is 0 Å². The maximum Gasteiger partial charge on any atom is 0.325 e. The number of phenolic OH excluding ortho intramolecular Hbond substituents is 1. The third kappa shape index (κ3) is 9.83. The van der Waals surface area contributed by atoms with E-state index in [1.807, 2.05) is 0 Å². The van der Waals surface area contributed by atoms with Gasteiger partial charge in [0.1, 0.15) is 29.9 Å². The van der Waals surface area contributed by atoms with E-state index >= 15 is 0 Å². The van der Waals surface area contributed by atoms with E-state index in [-0.39, 0.29) is 31.6 Å². The number of carbonyl (C=O) groups is 6. The Balaban J connectivity index is 1.79. The highest BCUT2D eigenvalue weighted by atomic mass is 16.4. The van der Waals surface area contributed by atoms with Gasteiger partial charge in [0.15, 0.2) is 0 Å². The fraction of sp³-hybridized carbons (Fsp3) is 0.400. The third-order valence-corrected chi connectivity index (χ3v) is 7.06. The number of nitrogens with one attached hydrogen (secondary N) is 3. The number of hydrogen-bond donors (Lipinski definition) is 6. The van der Waals surface area contributed by atoms with Gasteiger partial charge in [-0.3, -0.25) is 28.8 Å². The Morgan fingerprint density at radius 1 is 0.837 bits per heavy atom. The number of benzene rings is 2. The van der Waals surface area contributed by atoms with Gasteiger partial charge in [0.2, 0.25) is 23.6 Å². The third-order valence-electron chi connectivity index (χ3n) is 7.06. The molecule has 4 atom stereocenters. The predicted molar refractivity (Wildman–Crippen MR) is 153 cm³/mol. The van der Waals surface area contributed by atoms with E-state index in [9.17, 15) is 39.0 Å². The first-order chi connectivity index (χ1) is 20.4. The van der Waals surface area contributed by atoms with Crippen LogP contribution in [0.3, 0.4) is 0 Å². The largest absolute Gasteiger partial charge is 0.508 e. The first-order valence-corrected chi connectivity index (χ1v) is 13.9. The van der Waals surface area contributed by atoms with Crippen LogP contribution in [0.1, 0.15) is 43.7 Å². The molecular formula is C30H36N4O9. The van der Waals surface area contributed by atoms with Crippen LogP contribution in [0.2, 0.25) is 0 Å². The molecule has 0 aliphatic carbocycles. The second-order valence-corrected chi connectivity index (χ2v) is 10.4. The molecule has 3 rings (SSSR count). The van der Waals surface area contributed by atoms with Crippen molar-refractivity contribution in [2.45, 2.75) is 69.6 Å². The smallest absolute Gasteiger partial charge is 0.325 e. The molecule has 0 unspecified atom stereocenters. The molecule has 1 saturated heterocycles. The van der Waals surface area contributed by atoms with E-state index in [1.54, 1.807) is 42.5 Å². The van der Waals surface area contributed by atoms with Crippen LogP contribution >= 0.6 is 0 Å². The number of carbonyl (C=O) groups excluding carboxylic acids is 4. The van der Waals surface area contributed by atoms with Crippen LogP contribution in [-0.2, 0) is 41.6 Å². The minimum Gasteiger partial charge on any atom is -0.508 e. The molecule has 0 bridgehead atoms. The van der Waals surface area contributed by atoms with Crippen LogP contribution < -0.4 is 16.0 Å². The van der Waals surface area contributed by atoms with Crippen molar-refractivity contribution in [2.24, 2.45) is 0 Å². The summed E-state index contributed by atoms with van der Waals surface area (Å²) in [6, 6.07) is 10.4. The summed E-state index contributed by atoms with van der Waals surface area (Å²) in [5.74, 6) is -4.90. The van der Waals surface area contributed by atoms with E-state index in [0.29, 0.717) is 18.4 Å². The molecule has 2 aromatic carbocycles. The van der Waals surface area contributed by atoms with Gasteiger partial charge in [0.25, 0.3) is 0 Å². The minimum absolute atomic E-state index is 0.00787. The molecule has 4 amide bonds. The van der Waals surface area contributed by atoms with Gasteiger partial charge in [0, 0.05) is 25.8 Å². The van der Waals surface area contributed by atoms with Gasteiger partial charge in [-0.2, -0.15) is 0 Å². The van der Waals surface area contributed by atoms with Crippen LogP contribution in [0.4, 0.5) is 0 Å². The molecule has 0 radical (unpaired) electrons. The van der Waals surface area contributed by atoms with E-state index in [4.69, 9.17) is 5.11 Å². The quantitative estimate of drug-likeness (QED) is 0.180. The van der Waals surface area contributed by atoms with Gasteiger partial charge in [-0.25, -0.2) is 0 Å². The van der Waals surface area contributed by atoms with Crippen molar-refractivity contribution in [3.05, 3.63) is 65.7 Å². The van der Waals surface area contributed by atoms with Crippen molar-refractivity contribution in [3.8, 4) is 5.75 Å².